The van der Waals surface area contributed by atoms with Crippen LogP contribution < -0.4 is 16.6 Å². The fourth-order valence-corrected chi connectivity index (χ4v) is 2.06. The summed E-state index contributed by atoms with van der Waals surface area (Å²) < 4.78 is 0. The maximum Gasteiger partial charge on any atom is 0.254 e. The van der Waals surface area contributed by atoms with Gasteiger partial charge in [0.05, 0.1) is 6.54 Å². The van der Waals surface area contributed by atoms with Crippen LogP contribution in [0.3, 0.4) is 0 Å². The van der Waals surface area contributed by atoms with E-state index in [-0.39, 0.29) is 23.5 Å². The molecule has 0 spiro atoms. The van der Waals surface area contributed by atoms with Crippen molar-refractivity contribution in [2.75, 3.05) is 25.1 Å². The van der Waals surface area contributed by atoms with E-state index in [1.54, 1.807) is 0 Å². The first-order chi connectivity index (χ1) is 9.10. The van der Waals surface area contributed by atoms with Gasteiger partial charge in [0.15, 0.2) is 0 Å². The van der Waals surface area contributed by atoms with E-state index in [0.717, 1.165) is 6.42 Å². The molecule has 2 amide bonds. The van der Waals surface area contributed by atoms with Crippen LogP contribution in [0, 0.1) is 0 Å². The van der Waals surface area contributed by atoms with Crippen molar-refractivity contribution in [3.05, 3.63) is 22.8 Å². The number of hydrogen-bond donors (Lipinski definition) is 3. The van der Waals surface area contributed by atoms with Crippen LogP contribution in [0.1, 0.15) is 16.8 Å². The highest BCUT2D eigenvalue weighted by atomic mass is 35.5. The summed E-state index contributed by atoms with van der Waals surface area (Å²) in [5, 5.41) is 2.88. The lowest BCUT2D eigenvalue weighted by Gasteiger charge is -2.19. The summed E-state index contributed by atoms with van der Waals surface area (Å²) >= 11 is 5.82. The van der Waals surface area contributed by atoms with Crippen molar-refractivity contribution < 1.29 is 9.59 Å². The Bertz CT molecular complexity index is 508. The van der Waals surface area contributed by atoms with E-state index in [1.807, 2.05) is 0 Å². The lowest BCUT2D eigenvalue weighted by molar-refractivity contribution is -0.121. The topological polar surface area (TPSA) is 100 Å². The molecule has 0 unspecified atom stereocenters. The maximum absolute atomic E-state index is 12.3. The first-order valence-electron chi connectivity index (χ1n) is 5.80. The predicted octanol–water partition coefficient (Wildman–Crippen LogP) is -0.0173. The molecule has 4 N–H and O–H groups in total. The fraction of sp³-hybridized carbons (Fsp3) is 0.364. The van der Waals surface area contributed by atoms with Gasteiger partial charge in [0.1, 0.15) is 11.0 Å². The van der Waals surface area contributed by atoms with E-state index in [2.05, 4.69) is 15.7 Å². The summed E-state index contributed by atoms with van der Waals surface area (Å²) in [5.41, 5.74) is 2.69. The zero-order valence-corrected chi connectivity index (χ0v) is 10.9. The second kappa shape index (κ2) is 5.85. The van der Waals surface area contributed by atoms with Gasteiger partial charge in [-0.15, -0.1) is 0 Å². The number of nitrogens with zero attached hydrogens (tertiary/aromatic N) is 2. The van der Waals surface area contributed by atoms with Gasteiger partial charge in [-0.3, -0.25) is 9.59 Å². The Morgan fingerprint density at radius 3 is 3.05 bits per heavy atom. The van der Waals surface area contributed by atoms with Crippen molar-refractivity contribution in [2.45, 2.75) is 6.42 Å². The van der Waals surface area contributed by atoms with Crippen molar-refractivity contribution in [2.24, 2.45) is 5.84 Å². The second-order valence-electron chi connectivity index (χ2n) is 4.14. The molecule has 0 atom stereocenters. The Balaban J connectivity index is 2.22. The third-order valence-corrected chi connectivity index (χ3v) is 2.93. The average Bonchev–Trinajstić information content (AvgIpc) is 2.61. The quantitative estimate of drug-likeness (QED) is 0.402. The number of pyridine rings is 1. The number of carbonyl (C=O) groups excluding carboxylic acids is 2. The van der Waals surface area contributed by atoms with Crippen molar-refractivity contribution in [3.63, 3.8) is 0 Å². The van der Waals surface area contributed by atoms with Crippen molar-refractivity contribution >= 4 is 29.2 Å². The Morgan fingerprint density at radius 2 is 2.32 bits per heavy atom. The molecule has 0 radical (unpaired) electrons. The highest BCUT2D eigenvalue weighted by Gasteiger charge is 2.21. The molecule has 2 heterocycles. The summed E-state index contributed by atoms with van der Waals surface area (Å²) in [5.74, 6) is 5.12. The van der Waals surface area contributed by atoms with Gasteiger partial charge in [0, 0.05) is 18.7 Å². The molecular formula is C11H14ClN5O2. The van der Waals surface area contributed by atoms with Gasteiger partial charge in [-0.2, -0.15) is 0 Å². The largest absolute Gasteiger partial charge is 0.354 e. The van der Waals surface area contributed by atoms with Crippen LogP contribution in [-0.4, -0.2) is 41.3 Å². The zero-order chi connectivity index (χ0) is 13.8. The average molecular weight is 284 g/mol. The smallest absolute Gasteiger partial charge is 0.254 e. The molecule has 1 aliphatic rings. The summed E-state index contributed by atoms with van der Waals surface area (Å²) in [7, 11) is 0. The Hall–Kier alpha value is -1.86. The molecule has 102 valence electrons. The highest BCUT2D eigenvalue weighted by molar-refractivity contribution is 6.29. The van der Waals surface area contributed by atoms with Crippen LogP contribution in [-0.2, 0) is 4.79 Å². The first kappa shape index (κ1) is 13.6. The summed E-state index contributed by atoms with van der Waals surface area (Å²) in [6, 6.07) is 2.95. The summed E-state index contributed by atoms with van der Waals surface area (Å²) in [6.45, 7) is 1.14. The highest BCUT2D eigenvalue weighted by Crippen LogP contribution is 2.16. The molecule has 0 aliphatic carbocycles. The minimum absolute atomic E-state index is 0.0458. The number of aromatic nitrogens is 1. The SMILES string of the molecule is NNc1cc(C(=O)N2CCCNC(=O)C2)cc(Cl)n1. The number of nitrogens with one attached hydrogen (secondary N) is 2. The van der Waals surface area contributed by atoms with Gasteiger partial charge in [-0.25, -0.2) is 10.8 Å². The third-order valence-electron chi connectivity index (χ3n) is 2.74. The van der Waals surface area contributed by atoms with Crippen molar-refractivity contribution in [3.8, 4) is 0 Å². The minimum Gasteiger partial charge on any atom is -0.354 e. The van der Waals surface area contributed by atoms with E-state index in [4.69, 9.17) is 17.4 Å². The molecule has 1 fully saturated rings. The molecule has 1 aromatic rings. The van der Waals surface area contributed by atoms with Crippen LogP contribution in [0.25, 0.3) is 0 Å². The lowest BCUT2D eigenvalue weighted by Crippen LogP contribution is -2.37. The summed E-state index contributed by atoms with van der Waals surface area (Å²) in [6.07, 6.45) is 0.721. The predicted molar refractivity (Wildman–Crippen MR) is 70.6 cm³/mol. The van der Waals surface area contributed by atoms with Crippen molar-refractivity contribution in [1.29, 1.82) is 0 Å². The van der Waals surface area contributed by atoms with Crippen LogP contribution in [0.5, 0.6) is 0 Å². The molecular weight excluding hydrogens is 270 g/mol. The second-order valence-corrected chi connectivity index (χ2v) is 4.53. The number of halogens is 1. The monoisotopic (exact) mass is 283 g/mol. The first-order valence-corrected chi connectivity index (χ1v) is 6.18. The standard InChI is InChI=1S/C11H14ClN5O2/c12-8-4-7(5-9(15-8)16-13)11(19)17-3-1-2-14-10(18)6-17/h4-5H,1-3,6,13H2,(H,14,18)(H,15,16). The molecule has 8 heteroatoms. The molecule has 19 heavy (non-hydrogen) atoms. The van der Waals surface area contributed by atoms with Gasteiger partial charge in [0.25, 0.3) is 5.91 Å². The maximum atomic E-state index is 12.3. The van der Waals surface area contributed by atoms with Crippen LogP contribution in [0.15, 0.2) is 12.1 Å². The minimum atomic E-state index is -0.266. The number of anilines is 1. The molecule has 0 aromatic carbocycles. The van der Waals surface area contributed by atoms with Gasteiger partial charge in [-0.05, 0) is 18.6 Å². The Labute approximate surface area is 115 Å². The lowest BCUT2D eigenvalue weighted by atomic mass is 10.2. The zero-order valence-electron chi connectivity index (χ0n) is 10.1. The molecule has 0 saturated carbocycles. The van der Waals surface area contributed by atoms with Crippen LogP contribution in [0.4, 0.5) is 5.82 Å². The Morgan fingerprint density at radius 1 is 1.53 bits per heavy atom. The molecule has 1 saturated heterocycles. The number of nitrogen functional groups attached to an aromatic ring is 1. The van der Waals surface area contributed by atoms with E-state index in [0.29, 0.717) is 24.5 Å². The number of rotatable bonds is 2. The van der Waals surface area contributed by atoms with Crippen LogP contribution >= 0.6 is 11.6 Å². The van der Waals surface area contributed by atoms with Crippen molar-refractivity contribution in [1.82, 2.24) is 15.2 Å². The fourth-order valence-electron chi connectivity index (χ4n) is 1.86. The molecule has 1 aromatic heterocycles. The van der Waals surface area contributed by atoms with E-state index >= 15 is 0 Å². The van der Waals surface area contributed by atoms with Gasteiger partial charge in [-0.1, -0.05) is 11.6 Å². The van der Waals surface area contributed by atoms with E-state index < -0.39 is 0 Å². The van der Waals surface area contributed by atoms with Crippen LogP contribution in [0.2, 0.25) is 5.15 Å². The molecule has 7 nitrogen and oxygen atoms in total. The Kier molecular flexibility index (Phi) is 4.18. The number of hydrazine groups is 1. The van der Waals surface area contributed by atoms with Gasteiger partial charge in [0.2, 0.25) is 5.91 Å². The molecule has 1 aliphatic heterocycles. The molecule has 2 rings (SSSR count). The number of amides is 2. The van der Waals surface area contributed by atoms with E-state index in [1.165, 1.54) is 17.0 Å². The number of hydrogen-bond acceptors (Lipinski definition) is 5. The normalized spacial score (nSPS) is 15.7. The van der Waals surface area contributed by atoms with E-state index in [9.17, 15) is 9.59 Å². The van der Waals surface area contributed by atoms with Gasteiger partial charge < -0.3 is 15.6 Å². The third kappa shape index (κ3) is 3.33. The van der Waals surface area contributed by atoms with Gasteiger partial charge >= 0.3 is 0 Å². The molecule has 0 bridgehead atoms. The summed E-state index contributed by atoms with van der Waals surface area (Å²) in [4.78, 5) is 29.1. The number of carbonyl (C=O) groups is 2. The number of nitrogens with two attached hydrogens (primary N) is 1.